The summed E-state index contributed by atoms with van der Waals surface area (Å²) in [7, 11) is 0. The van der Waals surface area contributed by atoms with E-state index in [0.29, 0.717) is 24.9 Å². The minimum Gasteiger partial charge on any atom is -0.462 e. The molecule has 0 aromatic carbocycles. The third-order valence-corrected chi connectivity index (χ3v) is 6.34. The SMILES string of the molecule is C=CC(=O)CCC1CC2C3CC(COC(=O)C=C)C(C3)C2C1. The molecule has 3 nitrogen and oxygen atoms in total. The smallest absolute Gasteiger partial charge is 0.330 e. The molecule has 0 N–H and O–H groups in total. The van der Waals surface area contributed by atoms with Gasteiger partial charge in [-0.15, -0.1) is 0 Å². The lowest BCUT2D eigenvalue weighted by Crippen LogP contribution is -2.28. The van der Waals surface area contributed by atoms with Crippen LogP contribution >= 0.6 is 0 Å². The first-order valence-electron chi connectivity index (χ1n) is 8.56. The van der Waals surface area contributed by atoms with E-state index in [4.69, 9.17) is 4.74 Å². The summed E-state index contributed by atoms with van der Waals surface area (Å²) < 4.78 is 5.28. The van der Waals surface area contributed by atoms with Gasteiger partial charge in [-0.3, -0.25) is 4.79 Å². The van der Waals surface area contributed by atoms with Gasteiger partial charge in [-0.25, -0.2) is 4.79 Å². The van der Waals surface area contributed by atoms with E-state index in [2.05, 4.69) is 13.2 Å². The fourth-order valence-corrected chi connectivity index (χ4v) is 5.45. The van der Waals surface area contributed by atoms with E-state index in [9.17, 15) is 9.59 Å². The minimum absolute atomic E-state index is 0.175. The molecule has 0 aromatic heterocycles. The third-order valence-electron chi connectivity index (χ3n) is 6.34. The van der Waals surface area contributed by atoms with Gasteiger partial charge in [0, 0.05) is 12.5 Å². The molecule has 2 bridgehead atoms. The van der Waals surface area contributed by atoms with Crippen LogP contribution in [0.3, 0.4) is 0 Å². The van der Waals surface area contributed by atoms with E-state index in [1.54, 1.807) is 0 Å². The Labute approximate surface area is 132 Å². The van der Waals surface area contributed by atoms with Crippen LogP contribution in [0.5, 0.6) is 0 Å². The van der Waals surface area contributed by atoms with Crippen molar-refractivity contribution in [3.05, 3.63) is 25.3 Å². The minimum atomic E-state index is -0.299. The summed E-state index contributed by atoms with van der Waals surface area (Å²) in [6, 6.07) is 0. The number of fused-ring (bicyclic) bond motifs is 5. The molecule has 3 fully saturated rings. The molecule has 0 radical (unpaired) electrons. The standard InChI is InChI=1S/C19H26O3/c1-3-15(20)6-5-12-7-16-13-9-14(11-22-19(21)4-2)17(10-13)18(16)8-12/h3-4,12-14,16-18H,1-2,5-11H2. The molecule has 6 unspecified atom stereocenters. The lowest BCUT2D eigenvalue weighted by molar-refractivity contribution is -0.139. The van der Waals surface area contributed by atoms with Crippen LogP contribution in [0.15, 0.2) is 25.3 Å². The van der Waals surface area contributed by atoms with Crippen molar-refractivity contribution in [3.8, 4) is 0 Å². The van der Waals surface area contributed by atoms with Gasteiger partial charge >= 0.3 is 5.97 Å². The van der Waals surface area contributed by atoms with Crippen molar-refractivity contribution in [2.75, 3.05) is 6.61 Å². The van der Waals surface area contributed by atoms with E-state index in [0.717, 1.165) is 30.1 Å². The van der Waals surface area contributed by atoms with E-state index in [-0.39, 0.29) is 11.8 Å². The number of carbonyl (C=O) groups is 2. The molecule has 120 valence electrons. The Balaban J connectivity index is 1.51. The van der Waals surface area contributed by atoms with Gasteiger partial charge in [-0.1, -0.05) is 13.2 Å². The molecule has 3 rings (SSSR count). The monoisotopic (exact) mass is 302 g/mol. The summed E-state index contributed by atoms with van der Waals surface area (Å²) in [4.78, 5) is 22.7. The van der Waals surface area contributed by atoms with Crippen LogP contribution in [0, 0.1) is 35.5 Å². The molecular weight excluding hydrogens is 276 g/mol. The maximum Gasteiger partial charge on any atom is 0.330 e. The van der Waals surface area contributed by atoms with Crippen LogP contribution < -0.4 is 0 Å². The van der Waals surface area contributed by atoms with Gasteiger partial charge in [0.25, 0.3) is 0 Å². The number of rotatable bonds is 7. The molecule has 0 amide bonds. The molecule has 3 aliphatic rings. The highest BCUT2D eigenvalue weighted by molar-refractivity contribution is 5.88. The molecule has 3 aliphatic carbocycles. The number of hydrogen-bond donors (Lipinski definition) is 0. The van der Waals surface area contributed by atoms with Gasteiger partial charge in [-0.2, -0.15) is 0 Å². The highest BCUT2D eigenvalue weighted by Gasteiger charge is 2.55. The highest BCUT2D eigenvalue weighted by Crippen LogP contribution is 2.62. The average molecular weight is 302 g/mol. The van der Waals surface area contributed by atoms with Gasteiger partial charge in [0.05, 0.1) is 6.61 Å². The predicted molar refractivity (Wildman–Crippen MR) is 85.0 cm³/mol. The first kappa shape index (κ1) is 15.5. The first-order valence-corrected chi connectivity index (χ1v) is 8.56. The molecule has 3 heteroatoms. The number of allylic oxidation sites excluding steroid dienone is 1. The molecule has 0 aromatic rings. The Bertz CT molecular complexity index is 481. The predicted octanol–water partition coefficient (Wildman–Crippen LogP) is 3.55. The second-order valence-corrected chi connectivity index (χ2v) is 7.36. The lowest BCUT2D eigenvalue weighted by atomic mass is 9.76. The van der Waals surface area contributed by atoms with E-state index >= 15 is 0 Å². The van der Waals surface area contributed by atoms with Crippen molar-refractivity contribution in [2.45, 2.75) is 38.5 Å². The second kappa shape index (κ2) is 6.39. The number of carbonyl (C=O) groups excluding carboxylic acids is 2. The zero-order valence-corrected chi connectivity index (χ0v) is 13.2. The Hall–Kier alpha value is -1.38. The molecular formula is C19H26O3. The van der Waals surface area contributed by atoms with E-state index in [1.165, 1.54) is 37.8 Å². The molecule has 0 spiro atoms. The highest BCUT2D eigenvalue weighted by atomic mass is 16.5. The van der Waals surface area contributed by atoms with Crippen molar-refractivity contribution in [3.63, 3.8) is 0 Å². The molecule has 0 heterocycles. The molecule has 0 aliphatic heterocycles. The lowest BCUT2D eigenvalue weighted by Gasteiger charge is -2.31. The van der Waals surface area contributed by atoms with E-state index in [1.807, 2.05) is 0 Å². The Morgan fingerprint density at radius 1 is 1.00 bits per heavy atom. The fourth-order valence-electron chi connectivity index (χ4n) is 5.45. The fraction of sp³-hybridized carbons (Fsp3) is 0.684. The molecule has 22 heavy (non-hydrogen) atoms. The Morgan fingerprint density at radius 2 is 1.77 bits per heavy atom. The van der Waals surface area contributed by atoms with Crippen LogP contribution in [-0.4, -0.2) is 18.4 Å². The normalized spacial score (nSPS) is 38.5. The largest absolute Gasteiger partial charge is 0.462 e. The van der Waals surface area contributed by atoms with Crippen molar-refractivity contribution >= 4 is 11.8 Å². The van der Waals surface area contributed by atoms with Gasteiger partial charge in [0.15, 0.2) is 5.78 Å². The Kier molecular flexibility index (Phi) is 4.51. The molecule has 0 saturated heterocycles. The van der Waals surface area contributed by atoms with Crippen molar-refractivity contribution in [2.24, 2.45) is 35.5 Å². The van der Waals surface area contributed by atoms with Gasteiger partial charge in [-0.05, 0) is 73.7 Å². The zero-order chi connectivity index (χ0) is 15.7. The summed E-state index contributed by atoms with van der Waals surface area (Å²) in [5.74, 6) is 4.34. The number of ketones is 1. The van der Waals surface area contributed by atoms with Crippen LogP contribution in [0.2, 0.25) is 0 Å². The van der Waals surface area contributed by atoms with Crippen LogP contribution in [0.25, 0.3) is 0 Å². The van der Waals surface area contributed by atoms with Crippen molar-refractivity contribution in [1.82, 2.24) is 0 Å². The first-order chi connectivity index (χ1) is 10.6. The van der Waals surface area contributed by atoms with Crippen LogP contribution in [-0.2, 0) is 14.3 Å². The summed E-state index contributed by atoms with van der Waals surface area (Å²) in [5, 5.41) is 0. The maximum absolute atomic E-state index is 11.4. The van der Waals surface area contributed by atoms with Crippen molar-refractivity contribution < 1.29 is 14.3 Å². The Morgan fingerprint density at radius 3 is 2.50 bits per heavy atom. The summed E-state index contributed by atoms with van der Waals surface area (Å²) in [6.45, 7) is 7.56. The third kappa shape index (κ3) is 2.90. The van der Waals surface area contributed by atoms with Gasteiger partial charge < -0.3 is 4.74 Å². The van der Waals surface area contributed by atoms with Gasteiger partial charge in [0.1, 0.15) is 0 Å². The second-order valence-electron chi connectivity index (χ2n) is 7.36. The summed E-state index contributed by atoms with van der Waals surface area (Å²) >= 11 is 0. The van der Waals surface area contributed by atoms with Crippen LogP contribution in [0.1, 0.15) is 38.5 Å². The van der Waals surface area contributed by atoms with Crippen LogP contribution in [0.4, 0.5) is 0 Å². The number of ether oxygens (including phenoxy) is 1. The summed E-state index contributed by atoms with van der Waals surface area (Å²) in [6.07, 6.45) is 9.48. The van der Waals surface area contributed by atoms with Gasteiger partial charge in [0.2, 0.25) is 0 Å². The van der Waals surface area contributed by atoms with Crippen molar-refractivity contribution in [1.29, 1.82) is 0 Å². The average Bonchev–Trinajstić information content (AvgIpc) is 3.20. The molecule has 6 atom stereocenters. The summed E-state index contributed by atoms with van der Waals surface area (Å²) in [5.41, 5.74) is 0. The zero-order valence-electron chi connectivity index (χ0n) is 13.2. The quantitative estimate of drug-likeness (QED) is 0.533. The molecule has 3 saturated carbocycles. The number of esters is 1. The topological polar surface area (TPSA) is 43.4 Å². The maximum atomic E-state index is 11.4. The van der Waals surface area contributed by atoms with E-state index < -0.39 is 0 Å². The number of hydrogen-bond acceptors (Lipinski definition) is 3.